The number of nitro groups is 1. The molecule has 1 aromatic carbocycles. The zero-order valence-electron chi connectivity index (χ0n) is 17.7. The zero-order valence-corrected chi connectivity index (χ0v) is 17.7. The first-order valence-corrected chi connectivity index (χ1v) is 9.73. The standard InChI is InChI=1S/C19H26N4O10/c24-16(25)10-20(6-8-22(12-18(28)29)13-19(30)31)5-7-21(11-17(26)27)9-14-1-3-15(4-2-14)23(32)33/h1-4H,5-13H2,(H,24,25)(H,26,27)(H,28,29)(H,30,31). The van der Waals surface area contributed by atoms with Gasteiger partial charge < -0.3 is 20.4 Å². The molecule has 0 aromatic heterocycles. The van der Waals surface area contributed by atoms with Crippen molar-refractivity contribution in [2.75, 3.05) is 52.4 Å². The molecule has 0 saturated heterocycles. The Labute approximate surface area is 188 Å². The van der Waals surface area contributed by atoms with E-state index in [0.29, 0.717) is 5.56 Å². The minimum absolute atomic E-state index is 0.0207. The largest absolute Gasteiger partial charge is 0.480 e. The van der Waals surface area contributed by atoms with Crippen LogP contribution in [0.1, 0.15) is 5.56 Å². The van der Waals surface area contributed by atoms with Crippen LogP contribution in [-0.2, 0) is 25.7 Å². The second-order valence-electron chi connectivity index (χ2n) is 7.20. The van der Waals surface area contributed by atoms with Gasteiger partial charge in [-0.3, -0.25) is 44.0 Å². The number of rotatable bonds is 17. The number of carboxylic acid groups (broad SMARTS) is 4. The van der Waals surface area contributed by atoms with E-state index in [-0.39, 0.29) is 45.0 Å². The second-order valence-corrected chi connectivity index (χ2v) is 7.20. The van der Waals surface area contributed by atoms with Gasteiger partial charge in [-0.2, -0.15) is 0 Å². The van der Waals surface area contributed by atoms with Crippen molar-refractivity contribution in [2.24, 2.45) is 0 Å². The summed E-state index contributed by atoms with van der Waals surface area (Å²) in [5.41, 5.74) is 0.518. The van der Waals surface area contributed by atoms with Crippen LogP contribution in [0.2, 0.25) is 0 Å². The molecule has 1 aromatic rings. The first-order chi connectivity index (χ1) is 15.5. The number of carboxylic acids is 4. The molecule has 182 valence electrons. The van der Waals surface area contributed by atoms with Gasteiger partial charge in [0.1, 0.15) is 0 Å². The SMILES string of the molecule is O=C(O)CN(CCN(CC(=O)O)CC(=O)O)CCN(CC(=O)O)Cc1ccc([N+](=O)[O-])cc1. The summed E-state index contributed by atoms with van der Waals surface area (Å²) in [7, 11) is 0. The van der Waals surface area contributed by atoms with Gasteiger partial charge in [-0.1, -0.05) is 12.1 Å². The summed E-state index contributed by atoms with van der Waals surface area (Å²) >= 11 is 0. The highest BCUT2D eigenvalue weighted by Crippen LogP contribution is 2.13. The Bertz CT molecular complexity index is 829. The van der Waals surface area contributed by atoms with Crippen molar-refractivity contribution in [3.05, 3.63) is 39.9 Å². The first-order valence-electron chi connectivity index (χ1n) is 9.73. The number of non-ortho nitro benzene ring substituents is 1. The maximum absolute atomic E-state index is 11.2. The van der Waals surface area contributed by atoms with Gasteiger partial charge in [0.15, 0.2) is 0 Å². The lowest BCUT2D eigenvalue weighted by Crippen LogP contribution is -2.44. The quantitative estimate of drug-likeness (QED) is 0.165. The molecule has 0 heterocycles. The zero-order chi connectivity index (χ0) is 25.0. The average molecular weight is 470 g/mol. The van der Waals surface area contributed by atoms with Crippen LogP contribution in [0.4, 0.5) is 5.69 Å². The summed E-state index contributed by atoms with van der Waals surface area (Å²) in [6, 6.07) is 5.59. The predicted octanol–water partition coefficient (Wildman–Crippen LogP) is -0.661. The van der Waals surface area contributed by atoms with Crippen LogP contribution in [0.3, 0.4) is 0 Å². The summed E-state index contributed by atoms with van der Waals surface area (Å²) in [4.78, 5) is 58.6. The van der Waals surface area contributed by atoms with Crippen molar-refractivity contribution in [1.82, 2.24) is 14.7 Å². The Morgan fingerprint density at radius 1 is 0.667 bits per heavy atom. The Balaban J connectivity index is 2.80. The first kappa shape index (κ1) is 27.4. The van der Waals surface area contributed by atoms with E-state index < -0.39 is 48.4 Å². The van der Waals surface area contributed by atoms with E-state index in [1.54, 1.807) is 0 Å². The number of nitro benzene ring substituents is 1. The molecule has 14 heteroatoms. The molecule has 0 aliphatic rings. The minimum atomic E-state index is -1.23. The van der Waals surface area contributed by atoms with Gasteiger partial charge >= 0.3 is 23.9 Å². The molecule has 0 atom stereocenters. The van der Waals surface area contributed by atoms with E-state index in [1.807, 2.05) is 0 Å². The van der Waals surface area contributed by atoms with Gasteiger partial charge in [-0.05, 0) is 5.56 Å². The van der Waals surface area contributed by atoms with E-state index in [2.05, 4.69) is 0 Å². The number of hydrogen-bond acceptors (Lipinski definition) is 9. The lowest BCUT2D eigenvalue weighted by Gasteiger charge is -2.27. The van der Waals surface area contributed by atoms with Gasteiger partial charge in [0.05, 0.1) is 31.1 Å². The number of hydrogen-bond donors (Lipinski definition) is 4. The van der Waals surface area contributed by atoms with E-state index in [1.165, 1.54) is 34.1 Å². The van der Waals surface area contributed by atoms with Gasteiger partial charge in [-0.15, -0.1) is 0 Å². The number of aliphatic carboxylic acids is 4. The summed E-state index contributed by atoms with van der Waals surface area (Å²) < 4.78 is 0. The van der Waals surface area contributed by atoms with Crippen molar-refractivity contribution < 1.29 is 44.5 Å². The molecule has 4 N–H and O–H groups in total. The van der Waals surface area contributed by atoms with Crippen LogP contribution < -0.4 is 0 Å². The lowest BCUT2D eigenvalue weighted by molar-refractivity contribution is -0.384. The second kappa shape index (κ2) is 13.7. The van der Waals surface area contributed by atoms with Gasteiger partial charge in [-0.25, -0.2) is 0 Å². The fraction of sp³-hybridized carbons (Fsp3) is 0.474. The third kappa shape index (κ3) is 12.1. The molecule has 0 bridgehead atoms. The molecule has 0 aliphatic carbocycles. The Morgan fingerprint density at radius 3 is 1.45 bits per heavy atom. The normalized spacial score (nSPS) is 11.1. The highest BCUT2D eigenvalue weighted by molar-refractivity contribution is 5.72. The average Bonchev–Trinajstić information content (AvgIpc) is 2.68. The van der Waals surface area contributed by atoms with Crippen molar-refractivity contribution in [2.45, 2.75) is 6.54 Å². The molecule has 33 heavy (non-hydrogen) atoms. The molecule has 0 spiro atoms. The molecule has 0 fully saturated rings. The van der Waals surface area contributed by atoms with Gasteiger partial charge in [0.25, 0.3) is 5.69 Å². The number of nitrogens with zero attached hydrogens (tertiary/aromatic N) is 4. The summed E-state index contributed by atoms with van der Waals surface area (Å²) in [6.45, 7) is -1.41. The van der Waals surface area contributed by atoms with Crippen LogP contribution in [-0.4, -0.2) is 116 Å². The molecular formula is C19H26N4O10. The molecular weight excluding hydrogens is 444 g/mol. The fourth-order valence-corrected chi connectivity index (χ4v) is 3.01. The van der Waals surface area contributed by atoms with Crippen molar-refractivity contribution in [3.63, 3.8) is 0 Å². The van der Waals surface area contributed by atoms with Crippen LogP contribution in [0.25, 0.3) is 0 Å². The highest BCUT2D eigenvalue weighted by Gasteiger charge is 2.18. The number of benzene rings is 1. The smallest absolute Gasteiger partial charge is 0.317 e. The summed E-state index contributed by atoms with van der Waals surface area (Å²) in [6.07, 6.45) is 0. The third-order valence-electron chi connectivity index (χ3n) is 4.45. The topological polar surface area (TPSA) is 202 Å². The Morgan fingerprint density at radius 2 is 1.03 bits per heavy atom. The van der Waals surface area contributed by atoms with E-state index in [9.17, 15) is 34.4 Å². The molecule has 14 nitrogen and oxygen atoms in total. The lowest BCUT2D eigenvalue weighted by atomic mass is 10.2. The maximum atomic E-state index is 11.2. The Kier molecular flexibility index (Phi) is 11.4. The highest BCUT2D eigenvalue weighted by atomic mass is 16.6. The van der Waals surface area contributed by atoms with E-state index in [4.69, 9.17) is 15.3 Å². The van der Waals surface area contributed by atoms with Crippen molar-refractivity contribution >= 4 is 29.6 Å². The van der Waals surface area contributed by atoms with Crippen LogP contribution >= 0.6 is 0 Å². The monoisotopic (exact) mass is 470 g/mol. The minimum Gasteiger partial charge on any atom is -0.480 e. The van der Waals surface area contributed by atoms with E-state index in [0.717, 1.165) is 4.90 Å². The maximum Gasteiger partial charge on any atom is 0.317 e. The molecule has 1 rings (SSSR count). The molecule has 0 unspecified atom stereocenters. The molecule has 0 aliphatic heterocycles. The number of carbonyl (C=O) groups is 4. The van der Waals surface area contributed by atoms with Crippen LogP contribution in [0.15, 0.2) is 24.3 Å². The van der Waals surface area contributed by atoms with Crippen LogP contribution in [0, 0.1) is 10.1 Å². The van der Waals surface area contributed by atoms with Crippen molar-refractivity contribution in [1.29, 1.82) is 0 Å². The van der Waals surface area contributed by atoms with Gasteiger partial charge in [0, 0.05) is 44.9 Å². The molecule has 0 radical (unpaired) electrons. The molecule has 0 amide bonds. The summed E-state index contributed by atoms with van der Waals surface area (Å²) in [5.74, 6) is -4.72. The predicted molar refractivity (Wildman–Crippen MR) is 112 cm³/mol. The summed E-state index contributed by atoms with van der Waals surface area (Å²) in [5, 5.41) is 46.9. The third-order valence-corrected chi connectivity index (χ3v) is 4.45. The molecule has 0 saturated carbocycles. The van der Waals surface area contributed by atoms with Gasteiger partial charge in [0.2, 0.25) is 0 Å². The van der Waals surface area contributed by atoms with Crippen molar-refractivity contribution in [3.8, 4) is 0 Å². The Hall–Kier alpha value is -3.62. The van der Waals surface area contributed by atoms with Crippen LogP contribution in [0.5, 0.6) is 0 Å². The van der Waals surface area contributed by atoms with E-state index >= 15 is 0 Å². The fourth-order valence-electron chi connectivity index (χ4n) is 3.01.